The van der Waals surface area contributed by atoms with Gasteiger partial charge in [-0.2, -0.15) is 0 Å². The molecule has 2 fully saturated rings. The van der Waals surface area contributed by atoms with E-state index >= 15 is 0 Å². The van der Waals surface area contributed by atoms with Gasteiger partial charge in [-0.3, -0.25) is 4.79 Å². The van der Waals surface area contributed by atoms with Gasteiger partial charge in [-0.05, 0) is 56.1 Å². The second-order valence-electron chi connectivity index (χ2n) is 6.90. The molecule has 0 radical (unpaired) electrons. The van der Waals surface area contributed by atoms with E-state index in [9.17, 15) is 4.79 Å². The molecular formula is C17H25N3O. The van der Waals surface area contributed by atoms with E-state index in [4.69, 9.17) is 0 Å². The van der Waals surface area contributed by atoms with Gasteiger partial charge in [-0.25, -0.2) is 4.98 Å². The molecule has 2 saturated carbocycles. The lowest BCUT2D eigenvalue weighted by atomic mass is 9.84. The van der Waals surface area contributed by atoms with Crippen molar-refractivity contribution >= 4 is 11.7 Å². The lowest BCUT2D eigenvalue weighted by Gasteiger charge is -2.28. The molecule has 4 heteroatoms. The molecule has 2 aliphatic carbocycles. The molecule has 4 atom stereocenters. The number of hydrogen-bond acceptors (Lipinski definition) is 3. The highest BCUT2D eigenvalue weighted by atomic mass is 16.1. The summed E-state index contributed by atoms with van der Waals surface area (Å²) in [4.78, 5) is 18.6. The van der Waals surface area contributed by atoms with E-state index in [2.05, 4.69) is 17.2 Å². The summed E-state index contributed by atoms with van der Waals surface area (Å²) < 4.78 is 0. The second-order valence-corrected chi connectivity index (χ2v) is 6.90. The Morgan fingerprint density at radius 2 is 2.14 bits per heavy atom. The SMILES string of the molecule is CC(NC(=O)c1ccc(N(C)C)nc1)C1CC2CCC1C2. The zero-order valence-corrected chi connectivity index (χ0v) is 13.2. The molecule has 1 aromatic heterocycles. The van der Waals surface area contributed by atoms with Crippen LogP contribution >= 0.6 is 0 Å². The number of aromatic nitrogens is 1. The predicted molar refractivity (Wildman–Crippen MR) is 84.4 cm³/mol. The number of nitrogens with zero attached hydrogens (tertiary/aromatic N) is 2. The van der Waals surface area contributed by atoms with E-state index < -0.39 is 0 Å². The smallest absolute Gasteiger partial charge is 0.253 e. The van der Waals surface area contributed by atoms with Gasteiger partial charge >= 0.3 is 0 Å². The highest BCUT2D eigenvalue weighted by molar-refractivity contribution is 5.94. The van der Waals surface area contributed by atoms with E-state index in [1.54, 1.807) is 6.20 Å². The quantitative estimate of drug-likeness (QED) is 0.926. The van der Waals surface area contributed by atoms with Crippen LogP contribution in [0.5, 0.6) is 0 Å². The fraction of sp³-hybridized carbons (Fsp3) is 0.647. The van der Waals surface area contributed by atoms with Crippen molar-refractivity contribution in [2.75, 3.05) is 19.0 Å². The molecule has 1 N–H and O–H groups in total. The van der Waals surface area contributed by atoms with E-state index in [0.29, 0.717) is 11.5 Å². The summed E-state index contributed by atoms with van der Waals surface area (Å²) in [6.45, 7) is 2.16. The largest absolute Gasteiger partial charge is 0.363 e. The summed E-state index contributed by atoms with van der Waals surface area (Å²) >= 11 is 0. The van der Waals surface area contributed by atoms with Crippen LogP contribution < -0.4 is 10.2 Å². The van der Waals surface area contributed by atoms with Crippen molar-refractivity contribution < 1.29 is 4.79 Å². The molecule has 2 bridgehead atoms. The number of anilines is 1. The van der Waals surface area contributed by atoms with Gasteiger partial charge in [0.1, 0.15) is 5.82 Å². The van der Waals surface area contributed by atoms with Gasteiger partial charge < -0.3 is 10.2 Å². The van der Waals surface area contributed by atoms with Crippen LogP contribution in [0.15, 0.2) is 18.3 Å². The predicted octanol–water partition coefficient (Wildman–Crippen LogP) is 2.70. The van der Waals surface area contributed by atoms with Crippen LogP contribution in [-0.2, 0) is 0 Å². The minimum Gasteiger partial charge on any atom is -0.363 e. The maximum Gasteiger partial charge on any atom is 0.253 e. The average molecular weight is 287 g/mol. The number of pyridine rings is 1. The Morgan fingerprint density at radius 3 is 2.67 bits per heavy atom. The highest BCUT2D eigenvalue weighted by Crippen LogP contribution is 2.49. The summed E-state index contributed by atoms with van der Waals surface area (Å²) in [5, 5.41) is 3.18. The molecule has 1 amide bonds. The highest BCUT2D eigenvalue weighted by Gasteiger charge is 2.42. The number of fused-ring (bicyclic) bond motifs is 2. The second kappa shape index (κ2) is 5.66. The molecule has 0 saturated heterocycles. The monoisotopic (exact) mass is 287 g/mol. The van der Waals surface area contributed by atoms with Crippen LogP contribution in [0.2, 0.25) is 0 Å². The van der Waals surface area contributed by atoms with Gasteiger partial charge in [0.15, 0.2) is 0 Å². The number of amides is 1. The van der Waals surface area contributed by atoms with Gasteiger partial charge in [0.05, 0.1) is 5.56 Å². The van der Waals surface area contributed by atoms with E-state index in [1.807, 2.05) is 31.1 Å². The number of rotatable bonds is 4. The Hall–Kier alpha value is -1.58. The fourth-order valence-corrected chi connectivity index (χ4v) is 4.09. The van der Waals surface area contributed by atoms with Crippen LogP contribution in [0.1, 0.15) is 43.0 Å². The number of carbonyl (C=O) groups excluding carboxylic acids is 1. The van der Waals surface area contributed by atoms with Gasteiger partial charge in [0.25, 0.3) is 5.91 Å². The van der Waals surface area contributed by atoms with Crippen molar-refractivity contribution in [3.05, 3.63) is 23.9 Å². The normalized spacial score (nSPS) is 28.4. The van der Waals surface area contributed by atoms with Crippen molar-refractivity contribution in [3.8, 4) is 0 Å². The minimum absolute atomic E-state index is 0.00285. The standard InChI is InChI=1S/C17H25N3O/c1-11(15-9-12-4-5-13(15)8-12)19-17(21)14-6-7-16(18-10-14)20(2)3/h6-7,10-13,15H,4-5,8-9H2,1-3H3,(H,19,21). The third-order valence-corrected chi connectivity index (χ3v) is 5.26. The number of hydrogen-bond donors (Lipinski definition) is 1. The molecule has 4 unspecified atom stereocenters. The Morgan fingerprint density at radius 1 is 1.33 bits per heavy atom. The maximum absolute atomic E-state index is 12.3. The van der Waals surface area contributed by atoms with Crippen LogP contribution in [0, 0.1) is 17.8 Å². The average Bonchev–Trinajstić information content (AvgIpc) is 3.10. The zero-order chi connectivity index (χ0) is 15.0. The number of carbonyl (C=O) groups is 1. The lowest BCUT2D eigenvalue weighted by Crippen LogP contribution is -2.40. The van der Waals surface area contributed by atoms with Crippen LogP contribution in [0.4, 0.5) is 5.82 Å². The Balaban J connectivity index is 1.60. The van der Waals surface area contributed by atoms with E-state index in [1.165, 1.54) is 25.7 Å². The molecule has 0 aromatic carbocycles. The topological polar surface area (TPSA) is 45.2 Å². The molecule has 2 aliphatic rings. The van der Waals surface area contributed by atoms with Gasteiger partial charge in [-0.15, -0.1) is 0 Å². The van der Waals surface area contributed by atoms with Crippen molar-refractivity contribution in [1.82, 2.24) is 10.3 Å². The van der Waals surface area contributed by atoms with Gasteiger partial charge in [0, 0.05) is 26.3 Å². The van der Waals surface area contributed by atoms with Crippen molar-refractivity contribution in [1.29, 1.82) is 0 Å². The first kappa shape index (κ1) is 14.4. The summed E-state index contributed by atoms with van der Waals surface area (Å²) in [6, 6.07) is 4.00. The molecule has 0 aliphatic heterocycles. The molecule has 0 spiro atoms. The first-order chi connectivity index (χ1) is 10.0. The molecule has 114 valence electrons. The lowest BCUT2D eigenvalue weighted by molar-refractivity contribution is 0.0915. The van der Waals surface area contributed by atoms with Crippen molar-refractivity contribution in [3.63, 3.8) is 0 Å². The Kier molecular flexibility index (Phi) is 3.87. The molecule has 4 nitrogen and oxygen atoms in total. The molecule has 1 heterocycles. The van der Waals surface area contributed by atoms with Crippen molar-refractivity contribution in [2.45, 2.75) is 38.6 Å². The molecular weight excluding hydrogens is 262 g/mol. The summed E-state index contributed by atoms with van der Waals surface area (Å²) in [7, 11) is 3.89. The molecule has 21 heavy (non-hydrogen) atoms. The fourth-order valence-electron chi connectivity index (χ4n) is 4.09. The van der Waals surface area contributed by atoms with Crippen LogP contribution in [-0.4, -0.2) is 31.0 Å². The molecule has 1 aromatic rings. The number of nitrogens with one attached hydrogen (secondary N) is 1. The molecule has 3 rings (SSSR count). The van der Waals surface area contributed by atoms with E-state index in [-0.39, 0.29) is 11.9 Å². The summed E-state index contributed by atoms with van der Waals surface area (Å²) in [6.07, 6.45) is 7.10. The minimum atomic E-state index is 0.00285. The Bertz CT molecular complexity index is 511. The Labute approximate surface area is 126 Å². The first-order valence-corrected chi connectivity index (χ1v) is 7.99. The third-order valence-electron chi connectivity index (χ3n) is 5.26. The van der Waals surface area contributed by atoms with Gasteiger partial charge in [-0.1, -0.05) is 6.42 Å². The van der Waals surface area contributed by atoms with E-state index in [0.717, 1.165) is 17.7 Å². The van der Waals surface area contributed by atoms with Crippen LogP contribution in [0.25, 0.3) is 0 Å². The maximum atomic E-state index is 12.3. The third kappa shape index (κ3) is 2.89. The summed E-state index contributed by atoms with van der Waals surface area (Å²) in [5.41, 5.74) is 0.649. The van der Waals surface area contributed by atoms with Crippen LogP contribution in [0.3, 0.4) is 0 Å². The summed E-state index contributed by atoms with van der Waals surface area (Å²) in [5.74, 6) is 3.29. The van der Waals surface area contributed by atoms with Gasteiger partial charge in [0.2, 0.25) is 0 Å². The zero-order valence-electron chi connectivity index (χ0n) is 13.2. The first-order valence-electron chi connectivity index (χ1n) is 7.99. The van der Waals surface area contributed by atoms with Crippen molar-refractivity contribution in [2.24, 2.45) is 17.8 Å².